The minimum absolute atomic E-state index is 0.0147. The van der Waals surface area contributed by atoms with Crippen molar-refractivity contribution >= 4 is 17.5 Å². The molecule has 1 saturated heterocycles. The highest BCUT2D eigenvalue weighted by Gasteiger charge is 2.23. The maximum atomic E-state index is 12.5. The van der Waals surface area contributed by atoms with Gasteiger partial charge in [0.15, 0.2) is 0 Å². The molecule has 2 aromatic rings. The lowest BCUT2D eigenvalue weighted by atomic mass is 9.99. The van der Waals surface area contributed by atoms with E-state index in [0.29, 0.717) is 38.6 Å². The van der Waals surface area contributed by atoms with Gasteiger partial charge in [0.2, 0.25) is 5.91 Å². The molecule has 1 aliphatic heterocycles. The Kier molecular flexibility index (Phi) is 6.82. The van der Waals surface area contributed by atoms with Crippen LogP contribution in [-0.2, 0) is 4.79 Å². The van der Waals surface area contributed by atoms with Crippen LogP contribution in [0.3, 0.4) is 0 Å². The zero-order valence-corrected chi connectivity index (χ0v) is 16.7. The standard InChI is InChI=1S/C23H29N3O2/c1-3-18(2)19-9-11-21(12-10-19)24-22(27)17-25-13-15-26(16-14-25)23(28)20-7-5-4-6-8-20/h4-12,18H,3,13-17H2,1-2H3,(H,24,27)/t18-/m1/s1. The van der Waals surface area contributed by atoms with Crippen LogP contribution in [0, 0.1) is 0 Å². The normalized spacial score (nSPS) is 15.9. The lowest BCUT2D eigenvalue weighted by molar-refractivity contribution is -0.117. The Labute approximate surface area is 167 Å². The molecule has 5 heteroatoms. The van der Waals surface area contributed by atoms with Gasteiger partial charge in [-0.15, -0.1) is 0 Å². The van der Waals surface area contributed by atoms with Gasteiger partial charge in [0.25, 0.3) is 5.91 Å². The molecular weight excluding hydrogens is 350 g/mol. The number of piperazine rings is 1. The van der Waals surface area contributed by atoms with Crippen LogP contribution in [0.1, 0.15) is 42.1 Å². The van der Waals surface area contributed by atoms with Gasteiger partial charge in [-0.05, 0) is 42.2 Å². The van der Waals surface area contributed by atoms with Crippen LogP contribution in [-0.4, -0.2) is 54.3 Å². The molecule has 1 aliphatic rings. The van der Waals surface area contributed by atoms with E-state index in [9.17, 15) is 9.59 Å². The highest BCUT2D eigenvalue weighted by Crippen LogP contribution is 2.20. The third-order valence-electron chi connectivity index (χ3n) is 5.42. The quantitative estimate of drug-likeness (QED) is 0.834. The summed E-state index contributed by atoms with van der Waals surface area (Å²) in [5, 5.41) is 2.97. The van der Waals surface area contributed by atoms with Crippen LogP contribution < -0.4 is 5.32 Å². The summed E-state index contributed by atoms with van der Waals surface area (Å²) in [4.78, 5) is 28.8. The van der Waals surface area contributed by atoms with Crippen LogP contribution >= 0.6 is 0 Å². The van der Waals surface area contributed by atoms with E-state index in [1.165, 1.54) is 5.56 Å². The second-order valence-electron chi connectivity index (χ2n) is 7.41. The molecule has 5 nitrogen and oxygen atoms in total. The predicted octanol–water partition coefficient (Wildman–Crippen LogP) is 3.60. The summed E-state index contributed by atoms with van der Waals surface area (Å²) in [6, 6.07) is 17.4. The van der Waals surface area contributed by atoms with Gasteiger partial charge in [-0.1, -0.05) is 44.2 Å². The zero-order valence-electron chi connectivity index (χ0n) is 16.7. The lowest BCUT2D eigenvalue weighted by Crippen LogP contribution is -2.50. The summed E-state index contributed by atoms with van der Waals surface area (Å²) in [5.41, 5.74) is 2.84. The van der Waals surface area contributed by atoms with Crippen molar-refractivity contribution in [3.8, 4) is 0 Å². The maximum absolute atomic E-state index is 12.5. The molecular formula is C23H29N3O2. The summed E-state index contributed by atoms with van der Waals surface area (Å²) in [7, 11) is 0. The SMILES string of the molecule is CC[C@@H](C)c1ccc(NC(=O)CN2CCN(C(=O)c3ccccc3)CC2)cc1. The molecule has 28 heavy (non-hydrogen) atoms. The first-order chi connectivity index (χ1) is 13.6. The number of carbonyl (C=O) groups excluding carboxylic acids is 2. The van der Waals surface area contributed by atoms with Gasteiger partial charge in [0.05, 0.1) is 6.54 Å². The molecule has 0 radical (unpaired) electrons. The zero-order chi connectivity index (χ0) is 19.9. The van der Waals surface area contributed by atoms with Crippen LogP contribution in [0.5, 0.6) is 0 Å². The number of benzene rings is 2. The number of rotatable bonds is 6. The fraction of sp³-hybridized carbons (Fsp3) is 0.391. The number of nitrogens with one attached hydrogen (secondary N) is 1. The van der Waals surface area contributed by atoms with Gasteiger partial charge in [-0.2, -0.15) is 0 Å². The average molecular weight is 380 g/mol. The summed E-state index contributed by atoms with van der Waals surface area (Å²) < 4.78 is 0. The Bertz CT molecular complexity index is 781. The molecule has 0 aliphatic carbocycles. The van der Waals surface area contributed by atoms with E-state index in [-0.39, 0.29) is 11.8 Å². The molecule has 0 bridgehead atoms. The van der Waals surface area contributed by atoms with Crippen molar-refractivity contribution in [2.75, 3.05) is 38.0 Å². The second kappa shape index (κ2) is 9.51. The summed E-state index contributed by atoms with van der Waals surface area (Å²) in [6.07, 6.45) is 1.10. The Morgan fingerprint density at radius 1 is 0.964 bits per heavy atom. The second-order valence-corrected chi connectivity index (χ2v) is 7.41. The number of amides is 2. The van der Waals surface area contributed by atoms with Crippen molar-refractivity contribution in [1.29, 1.82) is 0 Å². The van der Waals surface area contributed by atoms with E-state index in [1.807, 2.05) is 47.4 Å². The first-order valence-corrected chi connectivity index (χ1v) is 10.0. The van der Waals surface area contributed by atoms with Crippen molar-refractivity contribution in [3.05, 3.63) is 65.7 Å². The monoisotopic (exact) mass is 379 g/mol. The molecule has 148 valence electrons. The third kappa shape index (κ3) is 5.20. The van der Waals surface area contributed by atoms with Crippen molar-refractivity contribution < 1.29 is 9.59 Å². The molecule has 1 atom stereocenters. The Morgan fingerprint density at radius 3 is 2.21 bits per heavy atom. The molecule has 2 aromatic carbocycles. The number of hydrogen-bond acceptors (Lipinski definition) is 3. The fourth-order valence-corrected chi connectivity index (χ4v) is 3.41. The van der Waals surface area contributed by atoms with E-state index in [1.54, 1.807) is 0 Å². The highest BCUT2D eigenvalue weighted by atomic mass is 16.2. The first kappa shape index (κ1) is 20.1. The minimum Gasteiger partial charge on any atom is -0.336 e. The number of anilines is 1. The van der Waals surface area contributed by atoms with E-state index in [0.717, 1.165) is 17.7 Å². The molecule has 0 saturated carbocycles. The van der Waals surface area contributed by atoms with E-state index in [4.69, 9.17) is 0 Å². The Hall–Kier alpha value is -2.66. The molecule has 3 rings (SSSR count). The third-order valence-corrected chi connectivity index (χ3v) is 5.42. The largest absolute Gasteiger partial charge is 0.336 e. The minimum atomic E-state index is -0.0147. The number of carbonyl (C=O) groups is 2. The van der Waals surface area contributed by atoms with E-state index in [2.05, 4.69) is 36.2 Å². The smallest absolute Gasteiger partial charge is 0.253 e. The molecule has 1 heterocycles. The predicted molar refractivity (Wildman–Crippen MR) is 113 cm³/mol. The molecule has 1 N–H and O–H groups in total. The lowest BCUT2D eigenvalue weighted by Gasteiger charge is -2.34. The van der Waals surface area contributed by atoms with Gasteiger partial charge in [0, 0.05) is 37.4 Å². The van der Waals surface area contributed by atoms with Crippen LogP contribution in [0.15, 0.2) is 54.6 Å². The summed E-state index contributed by atoms with van der Waals surface area (Å²) in [5.74, 6) is 0.574. The molecule has 0 unspecified atom stereocenters. The van der Waals surface area contributed by atoms with Crippen LogP contribution in [0.25, 0.3) is 0 Å². The number of hydrogen-bond donors (Lipinski definition) is 1. The molecule has 0 aromatic heterocycles. The van der Waals surface area contributed by atoms with E-state index >= 15 is 0 Å². The highest BCUT2D eigenvalue weighted by molar-refractivity contribution is 5.94. The summed E-state index contributed by atoms with van der Waals surface area (Å²) in [6.45, 7) is 7.43. The average Bonchev–Trinajstić information content (AvgIpc) is 2.74. The van der Waals surface area contributed by atoms with Gasteiger partial charge >= 0.3 is 0 Å². The van der Waals surface area contributed by atoms with Crippen LogP contribution in [0.4, 0.5) is 5.69 Å². The summed E-state index contributed by atoms with van der Waals surface area (Å²) >= 11 is 0. The van der Waals surface area contributed by atoms with E-state index < -0.39 is 0 Å². The van der Waals surface area contributed by atoms with Crippen LogP contribution in [0.2, 0.25) is 0 Å². The van der Waals surface area contributed by atoms with Gasteiger partial charge in [-0.25, -0.2) is 0 Å². The van der Waals surface area contributed by atoms with Gasteiger partial charge in [0.1, 0.15) is 0 Å². The van der Waals surface area contributed by atoms with Gasteiger partial charge < -0.3 is 10.2 Å². The first-order valence-electron chi connectivity index (χ1n) is 10.0. The molecule has 1 fully saturated rings. The fourth-order valence-electron chi connectivity index (χ4n) is 3.41. The van der Waals surface area contributed by atoms with Crippen molar-refractivity contribution in [3.63, 3.8) is 0 Å². The maximum Gasteiger partial charge on any atom is 0.253 e. The topological polar surface area (TPSA) is 52.7 Å². The van der Waals surface area contributed by atoms with Crippen molar-refractivity contribution in [2.45, 2.75) is 26.2 Å². The molecule has 2 amide bonds. The van der Waals surface area contributed by atoms with Crippen molar-refractivity contribution in [2.24, 2.45) is 0 Å². The number of nitrogens with zero attached hydrogens (tertiary/aromatic N) is 2. The van der Waals surface area contributed by atoms with Crippen molar-refractivity contribution in [1.82, 2.24) is 9.80 Å². The Morgan fingerprint density at radius 2 is 1.61 bits per heavy atom. The Balaban J connectivity index is 1.45. The molecule has 0 spiro atoms. The van der Waals surface area contributed by atoms with Gasteiger partial charge in [-0.3, -0.25) is 14.5 Å².